The van der Waals surface area contributed by atoms with E-state index in [4.69, 9.17) is 20.9 Å². The maximum absolute atomic E-state index is 6.08. The third kappa shape index (κ3) is 3.43. The highest BCUT2D eigenvalue weighted by Crippen LogP contribution is 2.31. The highest BCUT2D eigenvalue weighted by molar-refractivity contribution is 9.10. The fraction of sp³-hybridized carbons (Fsp3) is 0.222. The third-order valence-electron chi connectivity index (χ3n) is 4.26. The van der Waals surface area contributed by atoms with E-state index in [-0.39, 0.29) is 0 Å². The maximum atomic E-state index is 6.08. The normalized spacial score (nSPS) is 11.2. The lowest BCUT2D eigenvalue weighted by molar-refractivity contribution is 0.413. The number of halogens is 2. The van der Waals surface area contributed by atoms with Crippen molar-refractivity contribution in [2.24, 2.45) is 0 Å². The van der Waals surface area contributed by atoms with Gasteiger partial charge in [0.2, 0.25) is 5.82 Å². The Hall–Kier alpha value is -2.65. The van der Waals surface area contributed by atoms with Crippen LogP contribution in [0.15, 0.2) is 39.5 Å². The van der Waals surface area contributed by atoms with Gasteiger partial charge in [-0.05, 0) is 54.0 Å². The molecule has 0 saturated heterocycles. The molecule has 0 atom stereocenters. The molecule has 0 aliphatic carbocycles. The van der Waals surface area contributed by atoms with Crippen molar-refractivity contribution in [1.29, 1.82) is 0 Å². The van der Waals surface area contributed by atoms with Crippen molar-refractivity contribution in [1.82, 2.24) is 29.7 Å². The number of hydrogen-bond acceptors (Lipinski definition) is 6. The first-order chi connectivity index (χ1) is 13.5. The van der Waals surface area contributed by atoms with Gasteiger partial charge >= 0.3 is 0 Å². The molecule has 0 N–H and O–H groups in total. The second-order valence-corrected chi connectivity index (χ2v) is 7.36. The molecule has 0 fully saturated rings. The molecule has 0 unspecified atom stereocenters. The Labute approximate surface area is 174 Å². The molecule has 0 bridgehead atoms. The van der Waals surface area contributed by atoms with Crippen LogP contribution in [0.25, 0.3) is 23.0 Å². The summed E-state index contributed by atoms with van der Waals surface area (Å²) in [6, 6.07) is 7.04. The van der Waals surface area contributed by atoms with E-state index < -0.39 is 0 Å². The van der Waals surface area contributed by atoms with Crippen LogP contribution in [0.3, 0.4) is 0 Å². The van der Waals surface area contributed by atoms with Crippen LogP contribution < -0.4 is 4.74 Å². The van der Waals surface area contributed by atoms with Gasteiger partial charge in [0.05, 0.1) is 28.5 Å². The van der Waals surface area contributed by atoms with Crippen molar-refractivity contribution in [3.05, 3.63) is 51.3 Å². The molecule has 4 aromatic rings. The second kappa shape index (κ2) is 7.40. The SMILES string of the molecule is COc1ccc(Cl)cc1-c1noc(-c2ccn(Cn3nc(C)c(Br)c3C)n2)n1. The lowest BCUT2D eigenvalue weighted by Gasteiger charge is -2.04. The summed E-state index contributed by atoms with van der Waals surface area (Å²) < 4.78 is 15.4. The number of benzene rings is 1. The van der Waals surface area contributed by atoms with Crippen molar-refractivity contribution in [3.63, 3.8) is 0 Å². The summed E-state index contributed by atoms with van der Waals surface area (Å²) in [4.78, 5) is 4.43. The molecule has 0 aliphatic rings. The van der Waals surface area contributed by atoms with Crippen LogP contribution in [0.4, 0.5) is 0 Å². The lowest BCUT2D eigenvalue weighted by Crippen LogP contribution is -2.11. The quantitative estimate of drug-likeness (QED) is 0.438. The predicted molar refractivity (Wildman–Crippen MR) is 107 cm³/mol. The van der Waals surface area contributed by atoms with E-state index in [1.807, 2.05) is 30.8 Å². The largest absolute Gasteiger partial charge is 0.496 e. The summed E-state index contributed by atoms with van der Waals surface area (Å²) in [6.45, 7) is 4.42. The van der Waals surface area contributed by atoms with Gasteiger partial charge in [0.1, 0.15) is 12.4 Å². The highest BCUT2D eigenvalue weighted by Gasteiger charge is 2.17. The number of aryl methyl sites for hydroxylation is 1. The highest BCUT2D eigenvalue weighted by atomic mass is 79.9. The maximum Gasteiger partial charge on any atom is 0.278 e. The molecule has 0 spiro atoms. The number of rotatable bonds is 5. The average Bonchev–Trinajstić information content (AvgIpc) is 3.39. The average molecular weight is 464 g/mol. The summed E-state index contributed by atoms with van der Waals surface area (Å²) in [7, 11) is 1.58. The van der Waals surface area contributed by atoms with Crippen molar-refractivity contribution in [2.45, 2.75) is 20.5 Å². The van der Waals surface area contributed by atoms with Crippen molar-refractivity contribution in [2.75, 3.05) is 7.11 Å². The number of ether oxygens (including phenoxy) is 1. The zero-order valence-electron chi connectivity index (χ0n) is 15.3. The molecule has 8 nitrogen and oxygen atoms in total. The first kappa shape index (κ1) is 18.7. The number of hydrogen-bond donors (Lipinski definition) is 0. The smallest absolute Gasteiger partial charge is 0.278 e. The Kier molecular flexibility index (Phi) is 4.94. The van der Waals surface area contributed by atoms with E-state index in [0.29, 0.717) is 40.4 Å². The minimum atomic E-state index is 0.310. The third-order valence-corrected chi connectivity index (χ3v) is 5.64. The molecule has 28 heavy (non-hydrogen) atoms. The topological polar surface area (TPSA) is 83.8 Å². The molecule has 3 heterocycles. The monoisotopic (exact) mass is 462 g/mol. The number of nitrogens with zero attached hydrogens (tertiary/aromatic N) is 6. The van der Waals surface area contributed by atoms with Crippen LogP contribution in [0.2, 0.25) is 5.02 Å². The van der Waals surface area contributed by atoms with E-state index >= 15 is 0 Å². The predicted octanol–water partition coefficient (Wildman–Crippen LogP) is 4.34. The summed E-state index contributed by atoms with van der Waals surface area (Å²) in [5.41, 5.74) is 3.18. The van der Waals surface area contributed by atoms with Crippen LogP contribution in [-0.2, 0) is 6.67 Å². The standard InChI is InChI=1S/C18H16BrClN6O2/c1-10-16(19)11(2)26(22-10)9-25-7-6-14(23-25)18-21-17(24-28-18)13-8-12(20)4-5-15(13)27-3/h4-8H,9H2,1-3H3. The van der Waals surface area contributed by atoms with Gasteiger partial charge in [0, 0.05) is 11.2 Å². The van der Waals surface area contributed by atoms with Crippen LogP contribution in [0.1, 0.15) is 11.4 Å². The fourth-order valence-corrected chi connectivity index (χ4v) is 3.25. The van der Waals surface area contributed by atoms with Crippen molar-refractivity contribution >= 4 is 27.5 Å². The molecule has 144 valence electrons. The molecule has 0 amide bonds. The summed E-state index contributed by atoms with van der Waals surface area (Å²) in [5, 5.41) is 13.6. The lowest BCUT2D eigenvalue weighted by atomic mass is 10.2. The van der Waals surface area contributed by atoms with E-state index in [1.54, 1.807) is 30.0 Å². The summed E-state index contributed by atoms with van der Waals surface area (Å²) >= 11 is 9.62. The second-order valence-electron chi connectivity index (χ2n) is 6.13. The van der Waals surface area contributed by atoms with E-state index in [2.05, 4.69) is 36.3 Å². The van der Waals surface area contributed by atoms with Crippen LogP contribution in [-0.4, -0.2) is 36.8 Å². The van der Waals surface area contributed by atoms with Gasteiger partial charge in [-0.3, -0.25) is 4.68 Å². The molecule has 1 aromatic carbocycles. The number of methoxy groups -OCH3 is 1. The van der Waals surface area contributed by atoms with Gasteiger partial charge in [0.15, 0.2) is 5.69 Å². The zero-order chi connectivity index (χ0) is 19.8. The van der Waals surface area contributed by atoms with Crippen LogP contribution in [0, 0.1) is 13.8 Å². The van der Waals surface area contributed by atoms with Crippen LogP contribution in [0.5, 0.6) is 5.75 Å². The Morgan fingerprint density at radius 3 is 2.75 bits per heavy atom. The van der Waals surface area contributed by atoms with E-state index in [1.165, 1.54) is 0 Å². The van der Waals surface area contributed by atoms with E-state index in [0.717, 1.165) is 15.9 Å². The molecule has 3 aromatic heterocycles. The fourth-order valence-electron chi connectivity index (χ4n) is 2.80. The Morgan fingerprint density at radius 2 is 2.04 bits per heavy atom. The molecule has 0 radical (unpaired) electrons. The van der Waals surface area contributed by atoms with E-state index in [9.17, 15) is 0 Å². The molecule has 10 heteroatoms. The first-order valence-electron chi connectivity index (χ1n) is 8.37. The van der Waals surface area contributed by atoms with Gasteiger partial charge in [-0.1, -0.05) is 16.8 Å². The van der Waals surface area contributed by atoms with Gasteiger partial charge in [0.25, 0.3) is 5.89 Å². The van der Waals surface area contributed by atoms with Gasteiger partial charge in [-0.25, -0.2) is 4.68 Å². The minimum absolute atomic E-state index is 0.310. The van der Waals surface area contributed by atoms with Crippen LogP contribution >= 0.6 is 27.5 Å². The molecular formula is C18H16BrClN6O2. The Balaban J connectivity index is 1.60. The molecule has 0 aliphatic heterocycles. The molecular weight excluding hydrogens is 448 g/mol. The van der Waals surface area contributed by atoms with Gasteiger partial charge in [-0.2, -0.15) is 15.2 Å². The zero-order valence-corrected chi connectivity index (χ0v) is 17.7. The summed E-state index contributed by atoms with van der Waals surface area (Å²) in [5.74, 6) is 1.30. The summed E-state index contributed by atoms with van der Waals surface area (Å²) in [6.07, 6.45) is 1.84. The molecule has 4 rings (SSSR count). The van der Waals surface area contributed by atoms with Crippen molar-refractivity contribution < 1.29 is 9.26 Å². The van der Waals surface area contributed by atoms with Gasteiger partial charge < -0.3 is 9.26 Å². The van der Waals surface area contributed by atoms with Crippen molar-refractivity contribution in [3.8, 4) is 28.7 Å². The minimum Gasteiger partial charge on any atom is -0.496 e. The number of aromatic nitrogens is 6. The first-order valence-corrected chi connectivity index (χ1v) is 9.54. The Bertz CT molecular complexity index is 1150. The molecule has 0 saturated carbocycles. The van der Waals surface area contributed by atoms with Gasteiger partial charge in [-0.15, -0.1) is 0 Å². The Morgan fingerprint density at radius 1 is 1.21 bits per heavy atom.